The number of likely N-dealkylation sites (tertiary alicyclic amines) is 1. The molecule has 1 fully saturated rings. The van der Waals surface area contributed by atoms with Crippen molar-refractivity contribution in [2.75, 3.05) is 13.1 Å². The smallest absolute Gasteiger partial charge is 0.227 e. The van der Waals surface area contributed by atoms with E-state index >= 15 is 0 Å². The minimum Gasteiger partial charge on any atom is -0.352 e. The van der Waals surface area contributed by atoms with Crippen molar-refractivity contribution < 1.29 is 9.59 Å². The molecular weight excluding hydrogens is 288 g/mol. The molecule has 2 amide bonds. The Bertz CT molecular complexity index is 567. The second kappa shape index (κ2) is 7.16. The maximum Gasteiger partial charge on any atom is 0.227 e. The number of nitrogens with zero attached hydrogens (tertiary/aromatic N) is 1. The number of rotatable bonds is 3. The van der Waals surface area contributed by atoms with Crippen molar-refractivity contribution in [3.8, 4) is 0 Å². The molecule has 1 heterocycles. The summed E-state index contributed by atoms with van der Waals surface area (Å²) in [4.78, 5) is 26.5. The van der Waals surface area contributed by atoms with Crippen LogP contribution in [0.5, 0.6) is 0 Å². The molecule has 4 heteroatoms. The molecule has 0 saturated carbocycles. The van der Waals surface area contributed by atoms with Gasteiger partial charge >= 0.3 is 0 Å². The van der Waals surface area contributed by atoms with Gasteiger partial charge in [-0.2, -0.15) is 0 Å². The fourth-order valence-electron chi connectivity index (χ4n) is 2.97. The van der Waals surface area contributed by atoms with Gasteiger partial charge in [-0.3, -0.25) is 9.59 Å². The molecule has 0 bridgehead atoms. The van der Waals surface area contributed by atoms with Crippen molar-refractivity contribution in [1.82, 2.24) is 10.2 Å². The van der Waals surface area contributed by atoms with E-state index in [0.29, 0.717) is 19.6 Å². The summed E-state index contributed by atoms with van der Waals surface area (Å²) in [6, 6.07) is 8.17. The minimum atomic E-state index is -0.347. The molecule has 0 aliphatic carbocycles. The first kappa shape index (κ1) is 17.5. The Balaban J connectivity index is 1.81. The van der Waals surface area contributed by atoms with Crippen LogP contribution in [-0.2, 0) is 16.1 Å². The van der Waals surface area contributed by atoms with Crippen molar-refractivity contribution in [1.29, 1.82) is 0 Å². The van der Waals surface area contributed by atoms with Crippen LogP contribution in [0.2, 0.25) is 0 Å². The van der Waals surface area contributed by atoms with Crippen molar-refractivity contribution in [2.45, 2.75) is 47.1 Å². The Kier molecular flexibility index (Phi) is 5.45. The van der Waals surface area contributed by atoms with E-state index in [-0.39, 0.29) is 23.1 Å². The fraction of sp³-hybridized carbons (Fsp3) is 0.579. The predicted molar refractivity (Wildman–Crippen MR) is 91.8 cm³/mol. The number of amides is 2. The van der Waals surface area contributed by atoms with Gasteiger partial charge in [0.05, 0.1) is 0 Å². The maximum atomic E-state index is 12.3. The molecule has 0 atom stereocenters. The number of nitrogens with one attached hydrogen (secondary N) is 1. The molecule has 1 aliphatic rings. The Labute approximate surface area is 139 Å². The minimum absolute atomic E-state index is 0.0174. The van der Waals surface area contributed by atoms with Gasteiger partial charge < -0.3 is 10.2 Å². The number of carbonyl (C=O) groups excluding carboxylic acids is 2. The highest BCUT2D eigenvalue weighted by molar-refractivity contribution is 5.82. The Morgan fingerprint density at radius 2 is 1.87 bits per heavy atom. The van der Waals surface area contributed by atoms with Crippen LogP contribution in [0.4, 0.5) is 0 Å². The lowest BCUT2D eigenvalue weighted by Gasteiger charge is -2.35. The lowest BCUT2D eigenvalue weighted by molar-refractivity contribution is -0.142. The first-order valence-corrected chi connectivity index (χ1v) is 8.40. The quantitative estimate of drug-likeness (QED) is 0.932. The van der Waals surface area contributed by atoms with E-state index in [2.05, 4.69) is 11.4 Å². The van der Waals surface area contributed by atoms with Gasteiger partial charge in [-0.15, -0.1) is 0 Å². The standard InChI is InChI=1S/C19H28N2O2/c1-14-6-5-7-15(12-14)13-20-17(22)16-8-10-21(11-9-16)18(23)19(2,3)4/h5-7,12,16H,8-11,13H2,1-4H3,(H,20,22). The molecule has 1 aromatic rings. The molecule has 23 heavy (non-hydrogen) atoms. The van der Waals surface area contributed by atoms with Gasteiger partial charge in [-0.1, -0.05) is 50.6 Å². The van der Waals surface area contributed by atoms with E-state index in [9.17, 15) is 9.59 Å². The first-order valence-electron chi connectivity index (χ1n) is 8.40. The van der Waals surface area contributed by atoms with E-state index in [1.165, 1.54) is 5.56 Å². The lowest BCUT2D eigenvalue weighted by atomic mass is 9.90. The lowest BCUT2D eigenvalue weighted by Crippen LogP contribution is -2.46. The summed E-state index contributed by atoms with van der Waals surface area (Å²) in [5.41, 5.74) is 1.98. The summed E-state index contributed by atoms with van der Waals surface area (Å²) in [7, 11) is 0. The monoisotopic (exact) mass is 316 g/mol. The molecular formula is C19H28N2O2. The SMILES string of the molecule is Cc1cccc(CNC(=O)C2CCN(C(=O)C(C)(C)C)CC2)c1. The van der Waals surface area contributed by atoms with E-state index < -0.39 is 0 Å². The van der Waals surface area contributed by atoms with Gasteiger partial charge in [-0.25, -0.2) is 0 Å². The Hall–Kier alpha value is -1.84. The number of hydrogen-bond donors (Lipinski definition) is 1. The highest BCUT2D eigenvalue weighted by Crippen LogP contribution is 2.23. The van der Waals surface area contributed by atoms with Gasteiger partial charge in [-0.05, 0) is 25.3 Å². The average molecular weight is 316 g/mol. The van der Waals surface area contributed by atoms with E-state index in [0.717, 1.165) is 18.4 Å². The van der Waals surface area contributed by atoms with Gasteiger partial charge in [0.15, 0.2) is 0 Å². The Morgan fingerprint density at radius 1 is 1.22 bits per heavy atom. The summed E-state index contributed by atoms with van der Waals surface area (Å²) in [5, 5.41) is 3.03. The van der Waals surface area contributed by atoms with E-state index in [4.69, 9.17) is 0 Å². The van der Waals surface area contributed by atoms with Crippen LogP contribution >= 0.6 is 0 Å². The Morgan fingerprint density at radius 3 is 2.43 bits per heavy atom. The summed E-state index contributed by atoms with van der Waals surface area (Å²) < 4.78 is 0. The van der Waals surface area contributed by atoms with Crippen LogP contribution in [0.15, 0.2) is 24.3 Å². The summed E-state index contributed by atoms with van der Waals surface area (Å²) in [6.07, 6.45) is 1.50. The van der Waals surface area contributed by atoms with Crippen LogP contribution < -0.4 is 5.32 Å². The van der Waals surface area contributed by atoms with E-state index in [1.807, 2.05) is 50.8 Å². The van der Waals surface area contributed by atoms with Gasteiger partial charge in [0.1, 0.15) is 0 Å². The molecule has 0 unspecified atom stereocenters. The van der Waals surface area contributed by atoms with Crippen molar-refractivity contribution in [2.24, 2.45) is 11.3 Å². The zero-order chi connectivity index (χ0) is 17.0. The molecule has 1 aliphatic heterocycles. The topological polar surface area (TPSA) is 49.4 Å². The fourth-order valence-corrected chi connectivity index (χ4v) is 2.97. The maximum absolute atomic E-state index is 12.3. The number of carbonyl (C=O) groups is 2. The molecule has 0 spiro atoms. The van der Waals surface area contributed by atoms with Crippen LogP contribution in [0.1, 0.15) is 44.7 Å². The predicted octanol–water partition coefficient (Wildman–Crippen LogP) is 2.90. The molecule has 1 aromatic carbocycles. The van der Waals surface area contributed by atoms with Crippen LogP contribution in [-0.4, -0.2) is 29.8 Å². The highest BCUT2D eigenvalue weighted by Gasteiger charge is 2.32. The second-order valence-corrected chi connectivity index (χ2v) is 7.52. The first-order chi connectivity index (χ1) is 10.8. The van der Waals surface area contributed by atoms with Crippen molar-refractivity contribution in [3.63, 3.8) is 0 Å². The zero-order valence-corrected chi connectivity index (χ0v) is 14.7. The third-order valence-electron chi connectivity index (χ3n) is 4.34. The second-order valence-electron chi connectivity index (χ2n) is 7.52. The van der Waals surface area contributed by atoms with Gasteiger partial charge in [0, 0.05) is 31.0 Å². The van der Waals surface area contributed by atoms with Crippen LogP contribution in [0, 0.1) is 18.3 Å². The van der Waals surface area contributed by atoms with Crippen molar-refractivity contribution in [3.05, 3.63) is 35.4 Å². The summed E-state index contributed by atoms with van der Waals surface area (Å²) in [6.45, 7) is 9.80. The van der Waals surface area contributed by atoms with Crippen LogP contribution in [0.25, 0.3) is 0 Å². The molecule has 1 saturated heterocycles. The third-order valence-corrected chi connectivity index (χ3v) is 4.34. The molecule has 1 N–H and O–H groups in total. The molecule has 0 aromatic heterocycles. The molecule has 0 radical (unpaired) electrons. The number of hydrogen-bond acceptors (Lipinski definition) is 2. The average Bonchev–Trinajstić information content (AvgIpc) is 2.51. The summed E-state index contributed by atoms with van der Waals surface area (Å²) >= 11 is 0. The third kappa shape index (κ3) is 4.81. The molecule has 126 valence electrons. The number of aryl methyl sites for hydroxylation is 1. The summed E-state index contributed by atoms with van der Waals surface area (Å²) in [5.74, 6) is 0.300. The highest BCUT2D eigenvalue weighted by atomic mass is 16.2. The number of benzene rings is 1. The van der Waals surface area contributed by atoms with Crippen LogP contribution in [0.3, 0.4) is 0 Å². The largest absolute Gasteiger partial charge is 0.352 e. The van der Waals surface area contributed by atoms with E-state index in [1.54, 1.807) is 0 Å². The molecule has 2 rings (SSSR count). The zero-order valence-electron chi connectivity index (χ0n) is 14.7. The molecule has 4 nitrogen and oxygen atoms in total. The normalized spacial score (nSPS) is 16.3. The van der Waals surface area contributed by atoms with Gasteiger partial charge in [0.25, 0.3) is 0 Å². The number of piperidine rings is 1. The van der Waals surface area contributed by atoms with Crippen molar-refractivity contribution >= 4 is 11.8 Å². The van der Waals surface area contributed by atoms with Gasteiger partial charge in [0.2, 0.25) is 11.8 Å².